The summed E-state index contributed by atoms with van der Waals surface area (Å²) in [6, 6.07) is 9.60. The molecule has 0 aliphatic rings. The second-order valence-corrected chi connectivity index (χ2v) is 4.75. The summed E-state index contributed by atoms with van der Waals surface area (Å²) in [4.78, 5) is 9.03. The molecule has 0 unspecified atom stereocenters. The summed E-state index contributed by atoms with van der Waals surface area (Å²) in [5, 5.41) is 3.39. The van der Waals surface area contributed by atoms with Crippen molar-refractivity contribution in [3.8, 4) is 0 Å². The highest BCUT2D eigenvalue weighted by molar-refractivity contribution is 7.99. The van der Waals surface area contributed by atoms with E-state index in [2.05, 4.69) is 22.2 Å². The van der Waals surface area contributed by atoms with E-state index in [-0.39, 0.29) is 0 Å². The summed E-state index contributed by atoms with van der Waals surface area (Å²) in [6.45, 7) is 2.83. The molecule has 3 nitrogen and oxygen atoms in total. The van der Waals surface area contributed by atoms with E-state index in [1.807, 2.05) is 30.3 Å². The summed E-state index contributed by atoms with van der Waals surface area (Å²) < 4.78 is 13.6. The van der Waals surface area contributed by atoms with E-state index in [4.69, 9.17) is 0 Å². The van der Waals surface area contributed by atoms with Crippen LogP contribution in [0.15, 0.2) is 46.5 Å². The molecule has 1 aromatic heterocycles. The molecule has 18 heavy (non-hydrogen) atoms. The molecule has 0 amide bonds. The van der Waals surface area contributed by atoms with Gasteiger partial charge in [-0.05, 0) is 18.6 Å². The van der Waals surface area contributed by atoms with Gasteiger partial charge in [-0.1, -0.05) is 36.9 Å². The zero-order chi connectivity index (χ0) is 12.8. The Morgan fingerprint density at radius 1 is 1.28 bits per heavy atom. The van der Waals surface area contributed by atoms with Crippen LogP contribution in [0.4, 0.5) is 10.3 Å². The standard InChI is InChI=1S/C13H14FN3S/c1-2-8-15-13-16-9-11(14)12(17-13)18-10-6-4-3-5-7-10/h3-7,9H,2,8H2,1H3,(H,15,16,17). The Morgan fingerprint density at radius 3 is 2.78 bits per heavy atom. The second-order valence-electron chi connectivity index (χ2n) is 3.69. The Bertz CT molecular complexity index is 505. The van der Waals surface area contributed by atoms with Crippen LogP contribution in [0.2, 0.25) is 0 Å². The maximum absolute atomic E-state index is 13.6. The number of nitrogens with zero attached hydrogens (tertiary/aromatic N) is 2. The van der Waals surface area contributed by atoms with Crippen molar-refractivity contribution in [1.82, 2.24) is 9.97 Å². The van der Waals surface area contributed by atoms with Crippen molar-refractivity contribution in [2.45, 2.75) is 23.3 Å². The molecule has 0 saturated heterocycles. The number of nitrogens with one attached hydrogen (secondary N) is 1. The van der Waals surface area contributed by atoms with Crippen LogP contribution < -0.4 is 5.32 Å². The largest absolute Gasteiger partial charge is 0.354 e. The van der Waals surface area contributed by atoms with Crippen LogP contribution in [0.5, 0.6) is 0 Å². The van der Waals surface area contributed by atoms with Crippen LogP contribution in [-0.4, -0.2) is 16.5 Å². The van der Waals surface area contributed by atoms with Gasteiger partial charge in [0.2, 0.25) is 5.95 Å². The molecule has 2 rings (SSSR count). The van der Waals surface area contributed by atoms with Crippen molar-refractivity contribution in [2.75, 3.05) is 11.9 Å². The Labute approximate surface area is 110 Å². The summed E-state index contributed by atoms with van der Waals surface area (Å²) in [7, 11) is 0. The zero-order valence-electron chi connectivity index (χ0n) is 10.1. The maximum atomic E-state index is 13.6. The summed E-state index contributed by atoms with van der Waals surface area (Å²) >= 11 is 1.30. The lowest BCUT2D eigenvalue weighted by molar-refractivity contribution is 0.580. The van der Waals surface area contributed by atoms with Gasteiger partial charge in [0.25, 0.3) is 0 Å². The lowest BCUT2D eigenvalue weighted by Crippen LogP contribution is -2.05. The monoisotopic (exact) mass is 263 g/mol. The average Bonchev–Trinajstić information content (AvgIpc) is 2.41. The van der Waals surface area contributed by atoms with Gasteiger partial charge >= 0.3 is 0 Å². The van der Waals surface area contributed by atoms with Crippen molar-refractivity contribution in [2.24, 2.45) is 0 Å². The number of rotatable bonds is 5. The third-order valence-corrected chi connectivity index (χ3v) is 3.19. The fraction of sp³-hybridized carbons (Fsp3) is 0.231. The predicted octanol–water partition coefficient (Wildman–Crippen LogP) is 3.59. The number of hydrogen-bond acceptors (Lipinski definition) is 4. The average molecular weight is 263 g/mol. The van der Waals surface area contributed by atoms with Gasteiger partial charge in [-0.2, -0.15) is 0 Å². The van der Waals surface area contributed by atoms with Gasteiger partial charge in [0, 0.05) is 11.4 Å². The number of halogens is 1. The molecule has 94 valence electrons. The number of benzene rings is 1. The van der Waals surface area contributed by atoms with Crippen LogP contribution >= 0.6 is 11.8 Å². The van der Waals surface area contributed by atoms with Crippen molar-refractivity contribution >= 4 is 17.7 Å². The van der Waals surface area contributed by atoms with Gasteiger partial charge in [-0.15, -0.1) is 0 Å². The lowest BCUT2D eigenvalue weighted by atomic mass is 10.4. The maximum Gasteiger partial charge on any atom is 0.223 e. The van der Waals surface area contributed by atoms with Gasteiger partial charge in [0.05, 0.1) is 6.20 Å². The SMILES string of the molecule is CCCNc1ncc(F)c(Sc2ccccc2)n1. The van der Waals surface area contributed by atoms with Crippen molar-refractivity contribution < 1.29 is 4.39 Å². The van der Waals surface area contributed by atoms with Crippen molar-refractivity contribution in [3.05, 3.63) is 42.3 Å². The third kappa shape index (κ3) is 3.43. The van der Waals surface area contributed by atoms with E-state index in [1.54, 1.807) is 0 Å². The highest BCUT2D eigenvalue weighted by atomic mass is 32.2. The first kappa shape index (κ1) is 12.8. The highest BCUT2D eigenvalue weighted by Gasteiger charge is 2.08. The van der Waals surface area contributed by atoms with Crippen LogP contribution in [0, 0.1) is 5.82 Å². The van der Waals surface area contributed by atoms with E-state index >= 15 is 0 Å². The van der Waals surface area contributed by atoms with Gasteiger partial charge < -0.3 is 5.32 Å². The number of anilines is 1. The molecular weight excluding hydrogens is 249 g/mol. The van der Waals surface area contributed by atoms with E-state index < -0.39 is 5.82 Å². The summed E-state index contributed by atoms with van der Waals surface area (Å²) in [5.74, 6) is 0.0718. The van der Waals surface area contributed by atoms with E-state index in [9.17, 15) is 4.39 Å². The van der Waals surface area contributed by atoms with Crippen LogP contribution in [-0.2, 0) is 0 Å². The topological polar surface area (TPSA) is 37.8 Å². The Balaban J connectivity index is 2.16. The molecule has 0 spiro atoms. The molecular formula is C13H14FN3S. The zero-order valence-corrected chi connectivity index (χ0v) is 10.9. The summed E-state index contributed by atoms with van der Waals surface area (Å²) in [6.07, 6.45) is 2.18. The smallest absolute Gasteiger partial charge is 0.223 e. The van der Waals surface area contributed by atoms with E-state index in [0.29, 0.717) is 11.0 Å². The molecule has 1 aromatic carbocycles. The molecule has 0 bridgehead atoms. The first-order valence-corrected chi connectivity index (χ1v) is 6.60. The van der Waals surface area contributed by atoms with Gasteiger partial charge in [0.1, 0.15) is 5.03 Å². The number of hydrogen-bond donors (Lipinski definition) is 1. The Hall–Kier alpha value is -1.62. The first-order valence-electron chi connectivity index (χ1n) is 5.79. The van der Waals surface area contributed by atoms with Crippen molar-refractivity contribution in [1.29, 1.82) is 0 Å². The fourth-order valence-electron chi connectivity index (χ4n) is 1.35. The minimum atomic E-state index is -0.397. The van der Waals surface area contributed by atoms with E-state index in [1.165, 1.54) is 18.0 Å². The predicted molar refractivity (Wildman–Crippen MR) is 71.3 cm³/mol. The molecule has 1 N–H and O–H groups in total. The normalized spacial score (nSPS) is 10.3. The Morgan fingerprint density at radius 2 is 2.06 bits per heavy atom. The molecule has 5 heteroatoms. The summed E-state index contributed by atoms with van der Waals surface area (Å²) in [5.41, 5.74) is 0. The molecule has 0 fully saturated rings. The molecule has 1 heterocycles. The van der Waals surface area contributed by atoms with Gasteiger partial charge in [0.15, 0.2) is 5.82 Å². The Kier molecular flexibility index (Phi) is 4.52. The van der Waals surface area contributed by atoms with Gasteiger partial charge in [-0.25, -0.2) is 14.4 Å². The fourth-order valence-corrected chi connectivity index (χ4v) is 2.14. The number of aromatic nitrogens is 2. The van der Waals surface area contributed by atoms with Crippen LogP contribution in [0.1, 0.15) is 13.3 Å². The minimum Gasteiger partial charge on any atom is -0.354 e. The minimum absolute atomic E-state index is 0.342. The molecule has 0 saturated carbocycles. The molecule has 0 aliphatic carbocycles. The first-order chi connectivity index (χ1) is 8.79. The highest BCUT2D eigenvalue weighted by Crippen LogP contribution is 2.28. The van der Waals surface area contributed by atoms with Crippen LogP contribution in [0.25, 0.3) is 0 Å². The molecule has 0 radical (unpaired) electrons. The van der Waals surface area contributed by atoms with Crippen molar-refractivity contribution in [3.63, 3.8) is 0 Å². The van der Waals surface area contributed by atoms with Gasteiger partial charge in [-0.3, -0.25) is 0 Å². The van der Waals surface area contributed by atoms with E-state index in [0.717, 1.165) is 17.9 Å². The molecule has 2 aromatic rings. The third-order valence-electron chi connectivity index (χ3n) is 2.20. The molecule has 0 atom stereocenters. The lowest BCUT2D eigenvalue weighted by Gasteiger charge is -2.06. The quantitative estimate of drug-likeness (QED) is 0.837. The van der Waals surface area contributed by atoms with Crippen LogP contribution in [0.3, 0.4) is 0 Å². The second kappa shape index (κ2) is 6.35. The molecule has 0 aliphatic heterocycles.